The summed E-state index contributed by atoms with van der Waals surface area (Å²) in [5, 5.41) is 15.9. The van der Waals surface area contributed by atoms with Gasteiger partial charge >= 0.3 is 0 Å². The lowest BCUT2D eigenvalue weighted by Crippen LogP contribution is -2.20. The number of nitro groups is 1. The number of hydrogen-bond donors (Lipinski definition) is 3. The Morgan fingerprint density at radius 1 is 0.963 bits per heavy atom. The maximum absolute atomic E-state index is 12.4. The molecule has 136 valence electrons. The van der Waals surface area contributed by atoms with Crippen LogP contribution in [0.1, 0.15) is 21.0 Å². The first-order chi connectivity index (χ1) is 12.9. The van der Waals surface area contributed by atoms with Crippen molar-refractivity contribution in [3.8, 4) is 0 Å². The van der Waals surface area contributed by atoms with E-state index in [1.165, 1.54) is 30.6 Å². The van der Waals surface area contributed by atoms with Crippen LogP contribution in [0.5, 0.6) is 0 Å². The molecule has 0 saturated carbocycles. The van der Waals surface area contributed by atoms with Crippen LogP contribution in [0.15, 0.2) is 59.3 Å². The second-order valence-corrected chi connectivity index (χ2v) is 6.26. The molecule has 0 radical (unpaired) electrons. The van der Waals surface area contributed by atoms with Gasteiger partial charge in [-0.25, -0.2) is 4.98 Å². The average Bonchev–Trinajstić information content (AvgIpc) is 3.14. The summed E-state index contributed by atoms with van der Waals surface area (Å²) in [4.78, 5) is 41.5. The Labute approximate surface area is 161 Å². The molecule has 0 unspecified atom stereocenters. The lowest BCUT2D eigenvalue weighted by atomic mass is 10.2. The summed E-state index contributed by atoms with van der Waals surface area (Å²) < 4.78 is 0.864. The van der Waals surface area contributed by atoms with E-state index >= 15 is 0 Å². The molecule has 0 fully saturated rings. The van der Waals surface area contributed by atoms with Crippen molar-refractivity contribution in [1.82, 2.24) is 9.97 Å². The molecular formula is C17H12BrN5O4. The number of nitrogens with one attached hydrogen (secondary N) is 3. The van der Waals surface area contributed by atoms with E-state index in [2.05, 4.69) is 36.5 Å². The Kier molecular flexibility index (Phi) is 5.27. The molecule has 0 spiro atoms. The number of hydrogen-bond acceptors (Lipinski definition) is 5. The number of carbonyl (C=O) groups is 2. The summed E-state index contributed by atoms with van der Waals surface area (Å²) in [7, 11) is 0. The molecule has 2 amide bonds. The first-order valence-corrected chi connectivity index (χ1v) is 8.39. The van der Waals surface area contributed by atoms with E-state index in [1.807, 2.05) is 0 Å². The summed E-state index contributed by atoms with van der Waals surface area (Å²) in [5.74, 6) is -1.14. The van der Waals surface area contributed by atoms with Gasteiger partial charge in [0.2, 0.25) is 0 Å². The summed E-state index contributed by atoms with van der Waals surface area (Å²) in [6.07, 6.45) is 1.24. The predicted octanol–water partition coefficient (Wildman–Crippen LogP) is 3.59. The molecule has 0 aliphatic carbocycles. The zero-order chi connectivity index (χ0) is 19.4. The van der Waals surface area contributed by atoms with E-state index in [4.69, 9.17) is 0 Å². The summed E-state index contributed by atoms with van der Waals surface area (Å²) in [6.45, 7) is 0. The number of carbonyl (C=O) groups excluding carboxylic acids is 2. The van der Waals surface area contributed by atoms with Gasteiger partial charge in [0.05, 0.1) is 11.3 Å². The van der Waals surface area contributed by atoms with Gasteiger partial charge in [-0.1, -0.05) is 15.9 Å². The van der Waals surface area contributed by atoms with Crippen molar-refractivity contribution in [2.24, 2.45) is 0 Å². The number of nitro benzene ring substituents is 1. The van der Waals surface area contributed by atoms with Gasteiger partial charge in [0.15, 0.2) is 5.69 Å². The molecule has 10 heteroatoms. The van der Waals surface area contributed by atoms with Gasteiger partial charge in [0, 0.05) is 28.0 Å². The Morgan fingerprint density at radius 3 is 2.11 bits per heavy atom. The molecule has 9 nitrogen and oxygen atoms in total. The van der Waals surface area contributed by atoms with E-state index < -0.39 is 16.7 Å². The Bertz CT molecular complexity index is 999. The van der Waals surface area contributed by atoms with Crippen LogP contribution in [0.25, 0.3) is 0 Å². The number of non-ortho nitro benzene ring substituents is 1. The number of amides is 2. The molecule has 3 rings (SSSR count). The van der Waals surface area contributed by atoms with Crippen LogP contribution < -0.4 is 10.6 Å². The summed E-state index contributed by atoms with van der Waals surface area (Å²) in [5.41, 5.74) is 0.705. The Balaban J connectivity index is 1.73. The first kappa shape index (κ1) is 18.3. The van der Waals surface area contributed by atoms with Crippen molar-refractivity contribution in [2.75, 3.05) is 10.6 Å². The molecule has 2 aromatic carbocycles. The number of rotatable bonds is 5. The fourth-order valence-electron chi connectivity index (χ4n) is 2.22. The van der Waals surface area contributed by atoms with E-state index in [-0.39, 0.29) is 17.1 Å². The quantitative estimate of drug-likeness (QED) is 0.421. The summed E-state index contributed by atoms with van der Waals surface area (Å²) >= 11 is 3.30. The molecule has 27 heavy (non-hydrogen) atoms. The van der Waals surface area contributed by atoms with Gasteiger partial charge in [-0.05, 0) is 36.4 Å². The normalized spacial score (nSPS) is 10.3. The number of benzene rings is 2. The molecule has 0 atom stereocenters. The third-order valence-corrected chi connectivity index (χ3v) is 4.05. The van der Waals surface area contributed by atoms with Crippen molar-refractivity contribution in [1.29, 1.82) is 0 Å². The van der Waals surface area contributed by atoms with Gasteiger partial charge in [-0.2, -0.15) is 0 Å². The van der Waals surface area contributed by atoms with Crippen molar-refractivity contribution in [3.63, 3.8) is 0 Å². The molecule has 1 aromatic heterocycles. The number of aromatic nitrogens is 2. The number of anilines is 2. The molecule has 0 aliphatic rings. The molecule has 1 heterocycles. The topological polar surface area (TPSA) is 130 Å². The average molecular weight is 430 g/mol. The smallest absolute Gasteiger partial charge is 0.276 e. The highest BCUT2D eigenvalue weighted by Gasteiger charge is 2.21. The molecular weight excluding hydrogens is 418 g/mol. The Morgan fingerprint density at radius 2 is 1.52 bits per heavy atom. The van der Waals surface area contributed by atoms with Gasteiger partial charge in [0.1, 0.15) is 5.69 Å². The van der Waals surface area contributed by atoms with Gasteiger partial charge < -0.3 is 15.6 Å². The van der Waals surface area contributed by atoms with E-state index in [9.17, 15) is 19.7 Å². The summed E-state index contributed by atoms with van der Waals surface area (Å²) in [6, 6.07) is 12.3. The second-order valence-electron chi connectivity index (χ2n) is 5.35. The van der Waals surface area contributed by atoms with Crippen molar-refractivity contribution in [3.05, 3.63) is 80.8 Å². The van der Waals surface area contributed by atoms with Gasteiger partial charge in [-0.15, -0.1) is 0 Å². The third kappa shape index (κ3) is 4.36. The minimum Gasteiger partial charge on any atom is -0.340 e. The highest BCUT2D eigenvalue weighted by molar-refractivity contribution is 9.10. The number of nitrogens with zero attached hydrogens (tertiary/aromatic N) is 2. The van der Waals surface area contributed by atoms with E-state index in [0.29, 0.717) is 11.4 Å². The first-order valence-electron chi connectivity index (χ1n) is 7.60. The number of imidazole rings is 1. The monoisotopic (exact) mass is 429 g/mol. The largest absolute Gasteiger partial charge is 0.340 e. The predicted molar refractivity (Wildman–Crippen MR) is 102 cm³/mol. The van der Waals surface area contributed by atoms with Crippen LogP contribution in [0.2, 0.25) is 0 Å². The van der Waals surface area contributed by atoms with E-state index in [0.717, 1.165) is 4.47 Å². The molecule has 0 aliphatic heterocycles. The Hall–Kier alpha value is -3.53. The zero-order valence-electron chi connectivity index (χ0n) is 13.6. The maximum atomic E-state index is 12.4. The van der Waals surface area contributed by atoms with Crippen LogP contribution in [0.3, 0.4) is 0 Å². The molecule has 3 aromatic rings. The van der Waals surface area contributed by atoms with Crippen molar-refractivity contribution in [2.45, 2.75) is 0 Å². The van der Waals surface area contributed by atoms with E-state index in [1.54, 1.807) is 24.3 Å². The van der Waals surface area contributed by atoms with Gasteiger partial charge in [0.25, 0.3) is 17.5 Å². The molecule has 3 N–H and O–H groups in total. The van der Waals surface area contributed by atoms with Crippen LogP contribution >= 0.6 is 15.9 Å². The fraction of sp³-hybridized carbons (Fsp3) is 0. The van der Waals surface area contributed by atoms with Crippen LogP contribution in [-0.2, 0) is 0 Å². The van der Waals surface area contributed by atoms with Crippen LogP contribution in [0.4, 0.5) is 17.1 Å². The van der Waals surface area contributed by atoms with Crippen LogP contribution in [0, 0.1) is 10.1 Å². The SMILES string of the molecule is O=C(Nc1ccc(Br)cc1)c1nc[nH]c1C(=O)Nc1ccc([N+](=O)[O-])cc1. The number of aromatic amines is 1. The van der Waals surface area contributed by atoms with Crippen LogP contribution in [-0.4, -0.2) is 26.7 Å². The zero-order valence-corrected chi connectivity index (χ0v) is 15.2. The third-order valence-electron chi connectivity index (χ3n) is 3.52. The van der Waals surface area contributed by atoms with Gasteiger partial charge in [-0.3, -0.25) is 19.7 Å². The number of H-pyrrole nitrogens is 1. The highest BCUT2D eigenvalue weighted by Crippen LogP contribution is 2.18. The highest BCUT2D eigenvalue weighted by atomic mass is 79.9. The molecule has 0 saturated heterocycles. The fourth-order valence-corrected chi connectivity index (χ4v) is 2.49. The lowest BCUT2D eigenvalue weighted by molar-refractivity contribution is -0.384. The molecule has 0 bridgehead atoms. The maximum Gasteiger partial charge on any atom is 0.276 e. The minimum atomic E-state index is -0.595. The van der Waals surface area contributed by atoms with Crippen molar-refractivity contribution >= 4 is 44.8 Å². The lowest BCUT2D eigenvalue weighted by Gasteiger charge is -2.07. The second kappa shape index (κ2) is 7.79. The standard InChI is InChI=1S/C17H12BrN5O4/c18-10-1-3-11(4-2-10)21-16(24)14-15(20-9-19-14)17(25)22-12-5-7-13(8-6-12)23(26)27/h1-9H,(H,19,20)(H,21,24)(H,22,25). The minimum absolute atomic E-state index is 0.0250. The number of halogens is 1. The van der Waals surface area contributed by atoms with Crippen molar-refractivity contribution < 1.29 is 14.5 Å².